The van der Waals surface area contributed by atoms with E-state index in [1.807, 2.05) is 0 Å². The summed E-state index contributed by atoms with van der Waals surface area (Å²) in [5.74, 6) is 0. The van der Waals surface area contributed by atoms with Crippen molar-refractivity contribution < 1.29 is 47.2 Å². The molecule has 1 heterocycles. The summed E-state index contributed by atoms with van der Waals surface area (Å²) in [6.07, 6.45) is -8.80. The van der Waals surface area contributed by atoms with Gasteiger partial charge in [-0.2, -0.15) is 26.3 Å². The molecule has 0 aliphatic heterocycles. The van der Waals surface area contributed by atoms with Crippen LogP contribution in [0.5, 0.6) is 0 Å². The summed E-state index contributed by atoms with van der Waals surface area (Å²) >= 11 is -0.826. The Hall–Kier alpha value is -1.77. The second kappa shape index (κ2) is 12.6. The van der Waals surface area contributed by atoms with E-state index in [4.69, 9.17) is 17.0 Å². The van der Waals surface area contributed by atoms with Crippen LogP contribution in [0.25, 0.3) is 10.6 Å². The van der Waals surface area contributed by atoms with Gasteiger partial charge in [0.05, 0.1) is 11.1 Å². The van der Waals surface area contributed by atoms with Gasteiger partial charge < -0.3 is 10.6 Å². The summed E-state index contributed by atoms with van der Waals surface area (Å²) in [6, 6.07) is 14.2. The van der Waals surface area contributed by atoms with Crippen molar-refractivity contribution in [1.29, 1.82) is 0 Å². The van der Waals surface area contributed by atoms with Crippen LogP contribution in [0.2, 0.25) is 0 Å². The van der Waals surface area contributed by atoms with Gasteiger partial charge in [-0.3, -0.25) is 4.98 Å². The zero-order valence-electron chi connectivity index (χ0n) is 16.6. The van der Waals surface area contributed by atoms with Gasteiger partial charge in [-0.15, -0.1) is 11.4 Å². The molecule has 0 saturated carbocycles. The molecule has 174 valence electrons. The van der Waals surface area contributed by atoms with Gasteiger partial charge in [0.25, 0.3) is 0 Å². The van der Waals surface area contributed by atoms with E-state index in [-0.39, 0.29) is 13.1 Å². The summed E-state index contributed by atoms with van der Waals surface area (Å²) in [5, 5.41) is 8.45. The molecule has 0 bridgehead atoms. The van der Waals surface area contributed by atoms with Gasteiger partial charge in [0.2, 0.25) is 0 Å². The summed E-state index contributed by atoms with van der Waals surface area (Å²) in [7, 11) is 9.87. The van der Waals surface area contributed by atoms with Crippen LogP contribution in [0.1, 0.15) is 22.5 Å². The Morgan fingerprint density at radius 3 is 1.27 bits per heavy atom. The fraction of sp³-hybridized carbons (Fsp3) is 0.190. The molecule has 0 aliphatic carbocycles. The summed E-state index contributed by atoms with van der Waals surface area (Å²) in [6.45, 7) is 0.332. The average molecular weight is 585 g/mol. The van der Waals surface area contributed by atoms with E-state index in [1.165, 1.54) is 24.3 Å². The monoisotopic (exact) mass is 583 g/mol. The van der Waals surface area contributed by atoms with Crippen LogP contribution in [-0.2, 0) is 46.3 Å². The first-order chi connectivity index (χ1) is 15.5. The van der Waals surface area contributed by atoms with Crippen molar-refractivity contribution in [1.82, 2.24) is 4.98 Å². The zero-order valence-corrected chi connectivity index (χ0v) is 20.6. The summed E-state index contributed by atoms with van der Waals surface area (Å²) in [5.41, 5.74) is 0.484. The molecule has 0 saturated heterocycles. The van der Waals surface area contributed by atoms with Gasteiger partial charge in [0.15, 0.2) is 0 Å². The van der Waals surface area contributed by atoms with Gasteiger partial charge in [-0.1, -0.05) is 67.7 Å². The summed E-state index contributed by atoms with van der Waals surface area (Å²) in [4.78, 5) is 4.37. The van der Waals surface area contributed by atoms with Crippen LogP contribution in [-0.4, -0.2) is 4.98 Å². The predicted octanol–water partition coefficient (Wildman–Crippen LogP) is 8.91. The van der Waals surface area contributed by atoms with Crippen LogP contribution < -0.4 is 0 Å². The Balaban J connectivity index is 0.00000122. The van der Waals surface area contributed by atoms with Crippen molar-refractivity contribution in [3.05, 3.63) is 99.9 Å². The number of halogens is 8. The molecule has 3 aromatic rings. The van der Waals surface area contributed by atoms with E-state index in [0.717, 1.165) is 24.3 Å². The molecule has 2 aromatic carbocycles. The van der Waals surface area contributed by atoms with Crippen molar-refractivity contribution in [3.8, 4) is 0 Å². The van der Waals surface area contributed by atoms with E-state index in [2.05, 4.69) is 15.6 Å². The van der Waals surface area contributed by atoms with Crippen LogP contribution in [0.3, 0.4) is 0 Å². The summed E-state index contributed by atoms with van der Waals surface area (Å²) < 4.78 is 75.5. The molecule has 0 radical (unpaired) electrons. The molecule has 12 heteroatoms. The first-order valence-electron chi connectivity index (χ1n) is 9.13. The Labute approximate surface area is 205 Å². The SMILES string of the molecule is FC(F)(F)c1ccc([N-]Cc2cccc(C[N-]c3ccc(C(F)(F)F)cc3)n2)cc1.[Cl][Zr+2][Cl]. The maximum atomic E-state index is 12.6. The minimum absolute atomic E-state index is 0.166. The van der Waals surface area contributed by atoms with E-state index < -0.39 is 44.3 Å². The standard InChI is InChI=1S/C21H15F6N3.2ClH.Zr/c22-20(23,24)14-4-8-16(9-5-14)28-12-18-2-1-3-19(30-18)13-29-17-10-6-15(7-11-17)21(25,26)27;;;/h1-11H,12-13H2;2*1H;/q-2;;;+4/p-2. The molecule has 0 amide bonds. The average Bonchev–Trinajstić information content (AvgIpc) is 2.76. The first kappa shape index (κ1) is 27.5. The number of nitrogens with zero attached hydrogens (tertiary/aromatic N) is 3. The molecule has 0 unspecified atom stereocenters. The van der Waals surface area contributed by atoms with Crippen LogP contribution in [0.15, 0.2) is 66.7 Å². The minimum atomic E-state index is -4.40. The zero-order chi connectivity index (χ0) is 24.5. The van der Waals surface area contributed by atoms with Crippen LogP contribution >= 0.6 is 17.0 Å². The quantitative estimate of drug-likeness (QED) is 0.267. The van der Waals surface area contributed by atoms with Crippen molar-refractivity contribution in [2.45, 2.75) is 25.4 Å². The van der Waals surface area contributed by atoms with E-state index >= 15 is 0 Å². The Bertz CT molecular complexity index is 920. The topological polar surface area (TPSA) is 41.1 Å². The van der Waals surface area contributed by atoms with Crippen molar-refractivity contribution >= 4 is 28.4 Å². The maximum absolute atomic E-state index is 12.6. The Kier molecular flexibility index (Phi) is 10.5. The molecule has 0 spiro atoms. The van der Waals surface area contributed by atoms with E-state index in [9.17, 15) is 26.3 Å². The molecule has 1 aromatic heterocycles. The fourth-order valence-electron chi connectivity index (χ4n) is 2.56. The number of pyridine rings is 1. The number of rotatable bonds is 6. The van der Waals surface area contributed by atoms with Gasteiger partial charge in [0.1, 0.15) is 0 Å². The fourth-order valence-corrected chi connectivity index (χ4v) is 2.56. The number of alkyl halides is 6. The molecule has 0 N–H and O–H groups in total. The molecule has 0 aliphatic rings. The van der Waals surface area contributed by atoms with Crippen molar-refractivity contribution in [2.24, 2.45) is 0 Å². The molecule has 33 heavy (non-hydrogen) atoms. The number of aromatic nitrogens is 1. The molecule has 3 rings (SSSR count). The molecular formula is C21H15Cl2F6N3Zr. The Morgan fingerprint density at radius 1 is 0.636 bits per heavy atom. The van der Waals surface area contributed by atoms with Crippen LogP contribution in [0.4, 0.5) is 37.7 Å². The number of hydrogen-bond donors (Lipinski definition) is 0. The normalized spacial score (nSPS) is 11.2. The van der Waals surface area contributed by atoms with Crippen LogP contribution in [0, 0.1) is 0 Å². The number of benzene rings is 2. The van der Waals surface area contributed by atoms with Gasteiger partial charge in [0, 0.05) is 11.4 Å². The second-order valence-corrected chi connectivity index (χ2v) is 10.1. The van der Waals surface area contributed by atoms with E-state index in [0.29, 0.717) is 22.8 Å². The van der Waals surface area contributed by atoms with Crippen molar-refractivity contribution in [2.75, 3.05) is 0 Å². The number of hydrogen-bond acceptors (Lipinski definition) is 1. The molecule has 0 fully saturated rings. The van der Waals surface area contributed by atoms with Gasteiger partial charge in [-0.25, -0.2) is 0 Å². The second-order valence-electron chi connectivity index (χ2n) is 6.41. The predicted molar refractivity (Wildman–Crippen MR) is 112 cm³/mol. The van der Waals surface area contributed by atoms with Gasteiger partial charge >= 0.3 is 50.2 Å². The molecular weight excluding hydrogens is 570 g/mol. The molecule has 3 nitrogen and oxygen atoms in total. The van der Waals surface area contributed by atoms with Gasteiger partial charge in [-0.05, 0) is 12.1 Å². The third kappa shape index (κ3) is 9.55. The van der Waals surface area contributed by atoms with Crippen molar-refractivity contribution in [3.63, 3.8) is 0 Å². The first-order valence-corrected chi connectivity index (χ1v) is 15.5. The Morgan fingerprint density at radius 2 is 0.970 bits per heavy atom. The third-order valence-corrected chi connectivity index (χ3v) is 4.10. The van der Waals surface area contributed by atoms with E-state index in [1.54, 1.807) is 18.2 Å². The molecule has 0 atom stereocenters. The third-order valence-electron chi connectivity index (χ3n) is 4.10.